The summed E-state index contributed by atoms with van der Waals surface area (Å²) in [6.45, 7) is 2.99. The number of benzene rings is 1. The van der Waals surface area contributed by atoms with Gasteiger partial charge in [-0.1, -0.05) is 12.1 Å². The summed E-state index contributed by atoms with van der Waals surface area (Å²) in [6.07, 6.45) is 5.65. The third kappa shape index (κ3) is 3.13. The fraction of sp³-hybridized carbons (Fsp3) is 0.438. The molecule has 1 aliphatic carbocycles. The summed E-state index contributed by atoms with van der Waals surface area (Å²) in [7, 11) is 1.69. The van der Waals surface area contributed by atoms with Gasteiger partial charge in [0.2, 0.25) is 5.95 Å². The summed E-state index contributed by atoms with van der Waals surface area (Å²) >= 11 is 0. The number of aromatic nitrogens is 2. The zero-order valence-corrected chi connectivity index (χ0v) is 12.1. The van der Waals surface area contributed by atoms with Crippen LogP contribution in [0.5, 0.6) is 5.75 Å². The van der Waals surface area contributed by atoms with Gasteiger partial charge in [0.15, 0.2) is 0 Å². The maximum absolute atomic E-state index is 5.18. The van der Waals surface area contributed by atoms with Crippen LogP contribution in [-0.2, 0) is 13.0 Å². The molecule has 1 aromatic heterocycles. The Bertz CT molecular complexity index is 570. The highest BCUT2D eigenvalue weighted by atomic mass is 16.5. The molecule has 0 saturated heterocycles. The highest BCUT2D eigenvalue weighted by Crippen LogP contribution is 2.24. The number of nitrogens with zero attached hydrogens (tertiary/aromatic N) is 2. The van der Waals surface area contributed by atoms with Gasteiger partial charge in [-0.2, -0.15) is 0 Å². The van der Waals surface area contributed by atoms with E-state index in [4.69, 9.17) is 4.74 Å². The molecule has 4 heteroatoms. The fourth-order valence-electron chi connectivity index (χ4n) is 2.28. The van der Waals surface area contributed by atoms with Crippen LogP contribution in [0.3, 0.4) is 0 Å². The first-order valence-electron chi connectivity index (χ1n) is 7.18. The topological polar surface area (TPSA) is 39.1 Å². The van der Waals surface area contributed by atoms with Crippen molar-refractivity contribution in [1.29, 1.82) is 0 Å². The quantitative estimate of drug-likeness (QED) is 0.877. The van der Waals surface area contributed by atoms with E-state index in [1.165, 1.54) is 18.4 Å². The van der Waals surface area contributed by atoms with Crippen molar-refractivity contribution in [1.82, 2.24) is 9.55 Å². The van der Waals surface area contributed by atoms with Gasteiger partial charge in [-0.25, -0.2) is 4.98 Å². The smallest absolute Gasteiger partial charge is 0.203 e. The predicted molar refractivity (Wildman–Crippen MR) is 80.3 cm³/mol. The van der Waals surface area contributed by atoms with Gasteiger partial charge >= 0.3 is 0 Å². The molecule has 4 nitrogen and oxygen atoms in total. The van der Waals surface area contributed by atoms with E-state index in [-0.39, 0.29) is 0 Å². The Hall–Kier alpha value is -1.97. The molecule has 0 aliphatic heterocycles. The zero-order valence-electron chi connectivity index (χ0n) is 12.1. The lowest BCUT2D eigenvalue weighted by Gasteiger charge is -2.09. The lowest BCUT2D eigenvalue weighted by molar-refractivity contribution is 0.414. The molecule has 0 unspecified atom stereocenters. The molecule has 2 aromatic rings. The van der Waals surface area contributed by atoms with Crippen molar-refractivity contribution >= 4 is 5.95 Å². The van der Waals surface area contributed by atoms with Crippen LogP contribution in [0.2, 0.25) is 0 Å². The van der Waals surface area contributed by atoms with Crippen LogP contribution >= 0.6 is 0 Å². The van der Waals surface area contributed by atoms with Gasteiger partial charge in [0.1, 0.15) is 5.75 Å². The molecule has 1 heterocycles. The summed E-state index contributed by atoms with van der Waals surface area (Å²) in [6, 6.07) is 8.90. The van der Waals surface area contributed by atoms with Crippen LogP contribution in [0.1, 0.15) is 24.1 Å². The van der Waals surface area contributed by atoms with E-state index in [0.717, 1.165) is 30.4 Å². The lowest BCUT2D eigenvalue weighted by atomic mass is 10.1. The monoisotopic (exact) mass is 271 g/mol. The van der Waals surface area contributed by atoms with Gasteiger partial charge in [-0.15, -0.1) is 0 Å². The molecule has 0 atom stereocenters. The van der Waals surface area contributed by atoms with Gasteiger partial charge < -0.3 is 14.6 Å². The minimum Gasteiger partial charge on any atom is -0.497 e. The summed E-state index contributed by atoms with van der Waals surface area (Å²) in [5, 5.41) is 3.49. The van der Waals surface area contributed by atoms with E-state index in [9.17, 15) is 0 Å². The molecule has 0 radical (unpaired) electrons. The number of hydrogen-bond donors (Lipinski definition) is 1. The van der Waals surface area contributed by atoms with Crippen molar-refractivity contribution in [2.24, 2.45) is 0 Å². The average Bonchev–Trinajstić information content (AvgIpc) is 3.20. The molecular formula is C16H21N3O. The minimum atomic E-state index is 0.636. The number of aryl methyl sites for hydroxylation is 3. The number of rotatable bonds is 6. The van der Waals surface area contributed by atoms with Crippen molar-refractivity contribution in [3.05, 3.63) is 41.7 Å². The fourth-order valence-corrected chi connectivity index (χ4v) is 2.28. The summed E-state index contributed by atoms with van der Waals surface area (Å²) in [5.74, 6) is 1.92. The van der Waals surface area contributed by atoms with Gasteiger partial charge in [-0.05, 0) is 43.9 Å². The minimum absolute atomic E-state index is 0.636. The maximum Gasteiger partial charge on any atom is 0.203 e. The second kappa shape index (κ2) is 5.57. The van der Waals surface area contributed by atoms with Gasteiger partial charge in [0.05, 0.1) is 12.8 Å². The predicted octanol–water partition coefficient (Wildman–Crippen LogP) is 3.02. The van der Waals surface area contributed by atoms with Crippen molar-refractivity contribution in [3.8, 4) is 5.75 Å². The Morgan fingerprint density at radius 1 is 1.30 bits per heavy atom. The Labute approximate surface area is 119 Å². The Morgan fingerprint density at radius 3 is 2.70 bits per heavy atom. The van der Waals surface area contributed by atoms with Crippen molar-refractivity contribution in [2.75, 3.05) is 12.4 Å². The molecule has 1 fully saturated rings. The Kier molecular flexibility index (Phi) is 3.63. The molecule has 1 aliphatic rings. The van der Waals surface area contributed by atoms with Crippen molar-refractivity contribution in [3.63, 3.8) is 0 Å². The third-order valence-electron chi connectivity index (χ3n) is 3.61. The number of anilines is 1. The molecule has 0 spiro atoms. The third-order valence-corrected chi connectivity index (χ3v) is 3.61. The van der Waals surface area contributed by atoms with Gasteiger partial charge in [0, 0.05) is 18.8 Å². The van der Waals surface area contributed by atoms with E-state index in [1.54, 1.807) is 7.11 Å². The number of imidazole rings is 1. The van der Waals surface area contributed by atoms with E-state index in [1.807, 2.05) is 19.1 Å². The van der Waals surface area contributed by atoms with E-state index < -0.39 is 0 Å². The molecule has 106 valence electrons. The summed E-state index contributed by atoms with van der Waals surface area (Å²) in [5.41, 5.74) is 2.39. The van der Waals surface area contributed by atoms with Crippen molar-refractivity contribution in [2.45, 2.75) is 38.8 Å². The van der Waals surface area contributed by atoms with Crippen LogP contribution in [0.25, 0.3) is 0 Å². The molecule has 1 N–H and O–H groups in total. The number of ether oxygens (including phenoxy) is 1. The first kappa shape index (κ1) is 13.0. The molecule has 1 aromatic carbocycles. The SMILES string of the molecule is COc1ccc(CCn2cc(C)nc2NC2CC2)cc1. The van der Waals surface area contributed by atoms with Crippen molar-refractivity contribution < 1.29 is 4.74 Å². The second-order valence-corrected chi connectivity index (χ2v) is 5.42. The van der Waals surface area contributed by atoms with Crippen LogP contribution < -0.4 is 10.1 Å². The molecule has 20 heavy (non-hydrogen) atoms. The second-order valence-electron chi connectivity index (χ2n) is 5.42. The lowest BCUT2D eigenvalue weighted by Crippen LogP contribution is -2.10. The van der Waals surface area contributed by atoms with Gasteiger partial charge in [0.25, 0.3) is 0 Å². The molecule has 1 saturated carbocycles. The normalized spacial score (nSPS) is 14.3. The van der Waals surface area contributed by atoms with Crippen LogP contribution in [-0.4, -0.2) is 22.7 Å². The highest BCUT2D eigenvalue weighted by molar-refractivity contribution is 5.32. The number of methoxy groups -OCH3 is 1. The van der Waals surface area contributed by atoms with Crippen LogP contribution in [0.15, 0.2) is 30.5 Å². The first-order chi connectivity index (χ1) is 9.74. The maximum atomic E-state index is 5.18. The molecule has 0 amide bonds. The summed E-state index contributed by atoms with van der Waals surface area (Å²) in [4.78, 5) is 4.56. The average molecular weight is 271 g/mol. The number of hydrogen-bond acceptors (Lipinski definition) is 3. The largest absolute Gasteiger partial charge is 0.497 e. The first-order valence-corrected chi connectivity index (χ1v) is 7.18. The Balaban J connectivity index is 1.64. The Morgan fingerprint density at radius 2 is 2.05 bits per heavy atom. The standard InChI is InChI=1S/C16H21N3O/c1-12-11-19(16(17-12)18-14-5-6-14)10-9-13-3-7-15(20-2)8-4-13/h3-4,7-8,11,14H,5-6,9-10H2,1-2H3,(H,17,18). The zero-order chi connectivity index (χ0) is 13.9. The van der Waals surface area contributed by atoms with Gasteiger partial charge in [-0.3, -0.25) is 0 Å². The van der Waals surface area contributed by atoms with E-state index >= 15 is 0 Å². The van der Waals surface area contributed by atoms with E-state index in [2.05, 4.69) is 33.2 Å². The molecule has 0 bridgehead atoms. The van der Waals surface area contributed by atoms with E-state index in [0.29, 0.717) is 6.04 Å². The molecule has 3 rings (SSSR count). The molecular weight excluding hydrogens is 250 g/mol. The van der Waals surface area contributed by atoms with Crippen LogP contribution in [0.4, 0.5) is 5.95 Å². The number of nitrogens with one attached hydrogen (secondary N) is 1. The summed E-state index contributed by atoms with van der Waals surface area (Å²) < 4.78 is 7.40. The highest BCUT2D eigenvalue weighted by Gasteiger charge is 2.22. The van der Waals surface area contributed by atoms with Crippen LogP contribution in [0, 0.1) is 6.92 Å².